The van der Waals surface area contributed by atoms with E-state index in [0.717, 1.165) is 48.0 Å². The Balaban J connectivity index is 1.10. The summed E-state index contributed by atoms with van der Waals surface area (Å²) in [4.78, 5) is 40.2. The highest BCUT2D eigenvalue weighted by atomic mass is 16.2. The molecule has 0 spiro atoms. The number of fused-ring (bicyclic) bond motifs is 1. The van der Waals surface area contributed by atoms with Gasteiger partial charge < -0.3 is 13.9 Å². The largest absolute Gasteiger partial charge is 0.332 e. The van der Waals surface area contributed by atoms with E-state index in [1.54, 1.807) is 12.1 Å². The van der Waals surface area contributed by atoms with Gasteiger partial charge in [0.2, 0.25) is 5.91 Å². The van der Waals surface area contributed by atoms with Crippen LogP contribution in [0.3, 0.4) is 0 Å². The maximum atomic E-state index is 12.6. The SMILES string of the molecule is C[N+](C)(CCCCCC[N+]1(CC#CCN2CCCC2=O)CCCC1)CCCN1C(=O)c2ccccc2C1=O. The zero-order chi connectivity index (χ0) is 27.0. The lowest BCUT2D eigenvalue weighted by Crippen LogP contribution is -2.46. The minimum Gasteiger partial charge on any atom is -0.332 e. The van der Waals surface area contributed by atoms with Gasteiger partial charge in [-0.1, -0.05) is 18.1 Å². The van der Waals surface area contributed by atoms with E-state index in [1.165, 1.54) is 63.1 Å². The molecule has 0 aromatic heterocycles. The number of benzene rings is 1. The number of nitrogens with zero attached hydrogens (tertiary/aromatic N) is 4. The molecule has 206 valence electrons. The third kappa shape index (κ3) is 7.24. The third-order valence-corrected chi connectivity index (χ3v) is 8.66. The topological polar surface area (TPSA) is 57.7 Å². The summed E-state index contributed by atoms with van der Waals surface area (Å²) >= 11 is 0. The molecule has 1 aromatic carbocycles. The van der Waals surface area contributed by atoms with Gasteiger partial charge in [0.05, 0.1) is 64.5 Å². The van der Waals surface area contributed by atoms with Gasteiger partial charge in [-0.05, 0) is 50.2 Å². The Bertz CT molecular complexity index is 1030. The lowest BCUT2D eigenvalue weighted by Gasteiger charge is -2.32. The molecule has 3 aliphatic heterocycles. The summed E-state index contributed by atoms with van der Waals surface area (Å²) in [5.74, 6) is 6.65. The maximum Gasteiger partial charge on any atom is 0.261 e. The lowest BCUT2D eigenvalue weighted by molar-refractivity contribution is -0.910. The Labute approximate surface area is 228 Å². The second kappa shape index (κ2) is 12.9. The van der Waals surface area contributed by atoms with Crippen LogP contribution in [0.4, 0.5) is 0 Å². The van der Waals surface area contributed by atoms with Crippen molar-refractivity contribution >= 4 is 17.7 Å². The van der Waals surface area contributed by atoms with Crippen LogP contribution in [-0.4, -0.2) is 109 Å². The first-order chi connectivity index (χ1) is 18.3. The first-order valence-electron chi connectivity index (χ1n) is 14.7. The van der Waals surface area contributed by atoms with Gasteiger partial charge in [-0.15, -0.1) is 0 Å². The molecule has 3 heterocycles. The first kappa shape index (κ1) is 28.3. The average Bonchev–Trinajstić information content (AvgIpc) is 3.60. The first-order valence-corrected chi connectivity index (χ1v) is 14.7. The second-order valence-corrected chi connectivity index (χ2v) is 12.1. The van der Waals surface area contributed by atoms with E-state index in [1.807, 2.05) is 17.0 Å². The zero-order valence-electron chi connectivity index (χ0n) is 23.6. The number of hydrogen-bond acceptors (Lipinski definition) is 3. The average molecular weight is 523 g/mol. The molecular formula is C31H46N4O3+2. The van der Waals surface area contributed by atoms with Gasteiger partial charge in [0.25, 0.3) is 11.8 Å². The van der Waals surface area contributed by atoms with Crippen LogP contribution in [0.25, 0.3) is 0 Å². The van der Waals surface area contributed by atoms with Crippen LogP contribution in [0, 0.1) is 11.8 Å². The molecule has 3 amide bonds. The molecule has 2 fully saturated rings. The molecule has 0 bridgehead atoms. The summed E-state index contributed by atoms with van der Waals surface area (Å²) in [6.07, 6.45) is 10.0. The van der Waals surface area contributed by atoms with Crippen LogP contribution in [0.15, 0.2) is 24.3 Å². The number of rotatable bonds is 13. The summed E-state index contributed by atoms with van der Waals surface area (Å²) in [6, 6.07) is 7.12. The minimum atomic E-state index is -0.151. The summed E-state index contributed by atoms with van der Waals surface area (Å²) in [5, 5.41) is 0. The second-order valence-electron chi connectivity index (χ2n) is 12.1. The van der Waals surface area contributed by atoms with Crippen molar-refractivity contribution in [2.75, 3.05) is 73.0 Å². The molecule has 0 aliphatic carbocycles. The monoisotopic (exact) mass is 522 g/mol. The van der Waals surface area contributed by atoms with Crippen molar-refractivity contribution in [3.63, 3.8) is 0 Å². The standard InChI is InChI=1S/C31H46N4O3/c1-34(2,22-14-20-33-30(37)27-15-5-6-16-28(27)31(33)38)21-8-3-4-9-23-35(25-11-12-26-35)24-10-7-18-32-19-13-17-29(32)36/h5-6,15-16H,3-4,8-9,11-14,17-26H2,1-2H3/q+2. The van der Waals surface area contributed by atoms with E-state index in [-0.39, 0.29) is 17.7 Å². The minimum absolute atomic E-state index is 0.151. The zero-order valence-corrected chi connectivity index (χ0v) is 23.6. The van der Waals surface area contributed by atoms with E-state index in [4.69, 9.17) is 0 Å². The van der Waals surface area contributed by atoms with Crippen LogP contribution in [0.1, 0.15) is 78.5 Å². The van der Waals surface area contributed by atoms with Crippen LogP contribution in [0.2, 0.25) is 0 Å². The van der Waals surface area contributed by atoms with Crippen LogP contribution >= 0.6 is 0 Å². The molecule has 38 heavy (non-hydrogen) atoms. The van der Waals surface area contributed by atoms with Crippen LogP contribution in [0.5, 0.6) is 0 Å². The summed E-state index contributed by atoms with van der Waals surface area (Å²) < 4.78 is 2.05. The molecule has 4 rings (SSSR count). The normalized spacial score (nSPS) is 18.7. The van der Waals surface area contributed by atoms with Crippen molar-refractivity contribution in [3.8, 4) is 11.8 Å². The fraction of sp³-hybridized carbons (Fsp3) is 0.645. The molecule has 0 radical (unpaired) electrons. The molecule has 0 N–H and O–H groups in total. The highest BCUT2D eigenvalue weighted by Crippen LogP contribution is 2.23. The Morgan fingerprint density at radius 2 is 1.50 bits per heavy atom. The number of carbonyl (C=O) groups excluding carboxylic acids is 3. The highest BCUT2D eigenvalue weighted by Gasteiger charge is 2.35. The van der Waals surface area contributed by atoms with Crippen molar-refractivity contribution in [1.29, 1.82) is 0 Å². The van der Waals surface area contributed by atoms with Crippen molar-refractivity contribution in [2.45, 2.75) is 57.8 Å². The summed E-state index contributed by atoms with van der Waals surface area (Å²) in [6.45, 7) is 8.67. The van der Waals surface area contributed by atoms with E-state index in [0.29, 0.717) is 30.6 Å². The van der Waals surface area contributed by atoms with Crippen LogP contribution in [-0.2, 0) is 4.79 Å². The summed E-state index contributed by atoms with van der Waals surface area (Å²) in [7, 11) is 4.50. The van der Waals surface area contributed by atoms with Gasteiger partial charge in [-0.3, -0.25) is 19.3 Å². The van der Waals surface area contributed by atoms with Gasteiger partial charge in [0.1, 0.15) is 6.54 Å². The highest BCUT2D eigenvalue weighted by molar-refractivity contribution is 6.21. The Morgan fingerprint density at radius 3 is 2.16 bits per heavy atom. The number of amides is 3. The number of quaternary nitrogens is 2. The number of hydrogen-bond donors (Lipinski definition) is 0. The van der Waals surface area contributed by atoms with E-state index in [2.05, 4.69) is 25.9 Å². The van der Waals surface area contributed by atoms with Gasteiger partial charge in [0, 0.05) is 38.8 Å². The molecule has 3 aliphatic rings. The number of likely N-dealkylation sites (tertiary alicyclic amines) is 2. The molecule has 7 nitrogen and oxygen atoms in total. The van der Waals surface area contributed by atoms with Gasteiger partial charge in [-0.25, -0.2) is 0 Å². The van der Waals surface area contributed by atoms with Crippen molar-refractivity contribution in [2.24, 2.45) is 0 Å². The van der Waals surface area contributed by atoms with Gasteiger partial charge in [-0.2, -0.15) is 0 Å². The number of unbranched alkanes of at least 4 members (excludes halogenated alkanes) is 3. The number of carbonyl (C=O) groups is 3. The Hall–Kier alpha value is -2.69. The van der Waals surface area contributed by atoms with Gasteiger partial charge in [0.15, 0.2) is 0 Å². The van der Waals surface area contributed by atoms with E-state index < -0.39 is 0 Å². The van der Waals surface area contributed by atoms with E-state index >= 15 is 0 Å². The fourth-order valence-corrected chi connectivity index (χ4v) is 6.26. The molecule has 0 unspecified atom stereocenters. The molecule has 0 saturated carbocycles. The predicted octanol–water partition coefficient (Wildman–Crippen LogP) is 3.55. The fourth-order valence-electron chi connectivity index (χ4n) is 6.26. The van der Waals surface area contributed by atoms with Gasteiger partial charge >= 0.3 is 0 Å². The molecule has 7 heteroatoms. The number of imide groups is 1. The Morgan fingerprint density at radius 1 is 0.842 bits per heavy atom. The van der Waals surface area contributed by atoms with E-state index in [9.17, 15) is 14.4 Å². The molecule has 2 saturated heterocycles. The predicted molar refractivity (Wildman–Crippen MR) is 149 cm³/mol. The summed E-state index contributed by atoms with van der Waals surface area (Å²) in [5.41, 5.74) is 1.07. The van der Waals surface area contributed by atoms with Crippen molar-refractivity contribution in [3.05, 3.63) is 35.4 Å². The third-order valence-electron chi connectivity index (χ3n) is 8.66. The maximum absolute atomic E-state index is 12.6. The quantitative estimate of drug-likeness (QED) is 0.172. The lowest BCUT2D eigenvalue weighted by atomic mass is 10.1. The smallest absolute Gasteiger partial charge is 0.261 e. The van der Waals surface area contributed by atoms with Crippen molar-refractivity contribution in [1.82, 2.24) is 9.80 Å². The van der Waals surface area contributed by atoms with Crippen molar-refractivity contribution < 1.29 is 23.3 Å². The molecular weight excluding hydrogens is 476 g/mol. The Kier molecular flexibility index (Phi) is 9.62. The molecule has 0 atom stereocenters. The molecule has 1 aromatic rings. The van der Waals surface area contributed by atoms with Crippen LogP contribution < -0.4 is 0 Å².